The van der Waals surface area contributed by atoms with Gasteiger partial charge in [0, 0.05) is 25.1 Å². The molecular formula is C22H16N2O7S. The first-order valence-electron chi connectivity index (χ1n) is 9.36. The number of ether oxygens (including phenoxy) is 1. The Hall–Kier alpha value is -4.18. The van der Waals surface area contributed by atoms with Crippen LogP contribution in [0.1, 0.15) is 27.9 Å². The number of hydrogen-bond acceptors (Lipinski definition) is 8. The summed E-state index contributed by atoms with van der Waals surface area (Å²) in [6.45, 7) is 1.22. The number of aromatic nitrogens is 1. The van der Waals surface area contributed by atoms with E-state index >= 15 is 0 Å². The summed E-state index contributed by atoms with van der Waals surface area (Å²) in [7, 11) is 0. The zero-order chi connectivity index (χ0) is 22.8. The van der Waals surface area contributed by atoms with Crippen LogP contribution in [0.3, 0.4) is 0 Å². The van der Waals surface area contributed by atoms with Crippen molar-refractivity contribution >= 4 is 39.9 Å². The van der Waals surface area contributed by atoms with Gasteiger partial charge in [0.15, 0.2) is 11.2 Å². The first kappa shape index (κ1) is 21.1. The molecule has 2 heterocycles. The highest BCUT2D eigenvalue weighted by molar-refractivity contribution is 7.09. The topological polar surface area (TPSA) is 139 Å². The van der Waals surface area contributed by atoms with Gasteiger partial charge in [-0.05, 0) is 29.8 Å². The molecule has 0 aliphatic rings. The second-order valence-electron chi connectivity index (χ2n) is 6.81. The Kier molecular flexibility index (Phi) is 5.61. The number of aromatic hydroxyl groups is 1. The lowest BCUT2D eigenvalue weighted by molar-refractivity contribution is -0.131. The molecule has 0 bridgehead atoms. The zero-order valence-corrected chi connectivity index (χ0v) is 17.4. The molecule has 4 aromatic rings. The smallest absolute Gasteiger partial charge is 0.308 e. The van der Waals surface area contributed by atoms with Crippen molar-refractivity contribution in [1.29, 1.82) is 0 Å². The summed E-state index contributed by atoms with van der Waals surface area (Å²) >= 11 is 0.927. The molecule has 0 unspecified atom stereocenters. The summed E-state index contributed by atoms with van der Waals surface area (Å²) in [4.78, 5) is 50.1. The van der Waals surface area contributed by atoms with Gasteiger partial charge < -0.3 is 19.6 Å². The van der Waals surface area contributed by atoms with Crippen LogP contribution in [0.2, 0.25) is 0 Å². The molecule has 32 heavy (non-hydrogen) atoms. The van der Waals surface area contributed by atoms with Gasteiger partial charge in [-0.1, -0.05) is 29.5 Å². The minimum absolute atomic E-state index is 0.0600. The number of fused-ring (bicyclic) bond motifs is 1. The number of H-pyrrole nitrogens is 1. The number of hydrogen-bond donors (Lipinski definition) is 3. The average molecular weight is 452 g/mol. The van der Waals surface area contributed by atoms with Crippen molar-refractivity contribution in [1.82, 2.24) is 4.98 Å². The molecular weight excluding hydrogens is 436 g/mol. The maximum absolute atomic E-state index is 12.6. The predicted octanol–water partition coefficient (Wildman–Crippen LogP) is 3.02. The van der Waals surface area contributed by atoms with E-state index in [0.717, 1.165) is 23.0 Å². The highest BCUT2D eigenvalue weighted by Crippen LogP contribution is 2.24. The van der Waals surface area contributed by atoms with Gasteiger partial charge in [-0.3, -0.25) is 24.2 Å². The maximum atomic E-state index is 12.6. The maximum Gasteiger partial charge on any atom is 0.308 e. The fraction of sp³-hybridized carbons (Fsp3) is 0.0909. The second kappa shape index (κ2) is 8.52. The molecule has 1 amide bonds. The van der Waals surface area contributed by atoms with E-state index in [4.69, 9.17) is 9.15 Å². The van der Waals surface area contributed by atoms with Crippen LogP contribution in [0.25, 0.3) is 11.0 Å². The number of thiazole rings is 1. The number of esters is 1. The molecule has 3 N–H and O–H groups in total. The highest BCUT2D eigenvalue weighted by Gasteiger charge is 2.16. The molecule has 2 aromatic carbocycles. The van der Waals surface area contributed by atoms with Crippen LogP contribution in [0, 0.1) is 0 Å². The Morgan fingerprint density at radius 1 is 1.16 bits per heavy atom. The van der Waals surface area contributed by atoms with Gasteiger partial charge in [-0.2, -0.15) is 0 Å². The van der Waals surface area contributed by atoms with Crippen LogP contribution < -0.4 is 20.4 Å². The van der Waals surface area contributed by atoms with Crippen LogP contribution in [0.4, 0.5) is 5.69 Å². The van der Waals surface area contributed by atoms with Gasteiger partial charge in [0.2, 0.25) is 5.88 Å². The van der Waals surface area contributed by atoms with Crippen LogP contribution in [-0.2, 0) is 11.2 Å². The lowest BCUT2D eigenvalue weighted by Gasteiger charge is -2.08. The van der Waals surface area contributed by atoms with Crippen molar-refractivity contribution in [3.05, 3.63) is 84.6 Å². The molecule has 0 saturated carbocycles. The number of anilines is 1. The third kappa shape index (κ3) is 4.44. The number of carbonyl (C=O) groups excluding carboxylic acids is 2. The van der Waals surface area contributed by atoms with Gasteiger partial charge in [0.1, 0.15) is 16.7 Å². The van der Waals surface area contributed by atoms with E-state index < -0.39 is 17.3 Å². The van der Waals surface area contributed by atoms with Gasteiger partial charge >= 0.3 is 10.8 Å². The minimum atomic E-state index is -0.629. The van der Waals surface area contributed by atoms with E-state index in [1.807, 2.05) is 0 Å². The number of benzene rings is 2. The molecule has 0 aliphatic heterocycles. The number of carbonyl (C=O) groups is 2. The van der Waals surface area contributed by atoms with Crippen molar-refractivity contribution in [2.24, 2.45) is 0 Å². The van der Waals surface area contributed by atoms with Crippen molar-refractivity contribution in [2.75, 3.05) is 5.32 Å². The van der Waals surface area contributed by atoms with Gasteiger partial charge in [0.05, 0.1) is 4.88 Å². The molecule has 10 heteroatoms. The molecule has 162 valence electrons. The summed E-state index contributed by atoms with van der Waals surface area (Å²) in [5.41, 5.74) is 0.876. The molecule has 9 nitrogen and oxygen atoms in total. The zero-order valence-electron chi connectivity index (χ0n) is 16.6. The summed E-state index contributed by atoms with van der Waals surface area (Å²) in [5.74, 6) is -1.50. The van der Waals surface area contributed by atoms with Crippen molar-refractivity contribution in [3.63, 3.8) is 0 Å². The fourth-order valence-corrected chi connectivity index (χ4v) is 3.84. The van der Waals surface area contributed by atoms with Gasteiger partial charge in [0.25, 0.3) is 5.91 Å². The highest BCUT2D eigenvalue weighted by atomic mass is 32.1. The monoisotopic (exact) mass is 452 g/mol. The number of aromatic amines is 1. The van der Waals surface area contributed by atoms with E-state index in [-0.39, 0.29) is 33.2 Å². The summed E-state index contributed by atoms with van der Waals surface area (Å²) in [6, 6.07) is 12.3. The Morgan fingerprint density at radius 2 is 1.91 bits per heavy atom. The third-order valence-electron chi connectivity index (χ3n) is 4.47. The van der Waals surface area contributed by atoms with Crippen molar-refractivity contribution < 1.29 is 23.8 Å². The van der Waals surface area contributed by atoms with Gasteiger partial charge in [-0.15, -0.1) is 0 Å². The minimum Gasteiger partial charge on any atom is -0.494 e. The Morgan fingerprint density at radius 3 is 2.56 bits per heavy atom. The van der Waals surface area contributed by atoms with E-state index in [2.05, 4.69) is 10.3 Å². The first-order valence-corrected chi connectivity index (χ1v) is 10.2. The van der Waals surface area contributed by atoms with Crippen LogP contribution in [0.5, 0.6) is 11.6 Å². The molecule has 2 aromatic heterocycles. The lowest BCUT2D eigenvalue weighted by Crippen LogP contribution is -2.15. The number of nitrogens with one attached hydrogen (secondary N) is 2. The van der Waals surface area contributed by atoms with E-state index in [1.54, 1.807) is 30.3 Å². The normalized spacial score (nSPS) is 10.8. The summed E-state index contributed by atoms with van der Waals surface area (Å²) in [5, 5.41) is 12.4. The Labute approximate surface area is 183 Å². The van der Waals surface area contributed by atoms with Crippen LogP contribution in [-0.4, -0.2) is 22.0 Å². The van der Waals surface area contributed by atoms with Gasteiger partial charge in [-0.25, -0.2) is 0 Å². The van der Waals surface area contributed by atoms with E-state index in [1.165, 1.54) is 19.1 Å². The second-order valence-corrected chi connectivity index (χ2v) is 7.88. The van der Waals surface area contributed by atoms with Crippen LogP contribution in [0.15, 0.2) is 62.5 Å². The molecule has 0 radical (unpaired) electrons. The Bertz CT molecular complexity index is 1450. The Balaban J connectivity index is 1.53. The standard InChI is InChI=1S/C22H16N2O7S/c1-11(25)30-15-3-2-4-16-19(15)14(26)10-17(31-16)20(27)23-13-7-5-12(6-8-13)9-18-21(28)24-22(29)32-18/h2-8,10,28H,9H2,1H3,(H,23,27)(H,24,29). The average Bonchev–Trinajstić information content (AvgIpc) is 3.05. The quantitative estimate of drug-likeness (QED) is 0.312. The first-order chi connectivity index (χ1) is 15.3. The largest absolute Gasteiger partial charge is 0.494 e. The third-order valence-corrected chi connectivity index (χ3v) is 5.34. The predicted molar refractivity (Wildman–Crippen MR) is 118 cm³/mol. The number of amides is 1. The fourth-order valence-electron chi connectivity index (χ4n) is 3.09. The summed E-state index contributed by atoms with van der Waals surface area (Å²) < 4.78 is 10.6. The summed E-state index contributed by atoms with van der Waals surface area (Å²) in [6.07, 6.45) is 0.355. The molecule has 0 saturated heterocycles. The number of rotatable bonds is 5. The molecule has 0 atom stereocenters. The van der Waals surface area contributed by atoms with E-state index in [9.17, 15) is 24.3 Å². The molecule has 4 rings (SSSR count). The molecule has 0 spiro atoms. The van der Waals surface area contributed by atoms with Crippen LogP contribution >= 0.6 is 11.3 Å². The molecule has 0 fully saturated rings. The van der Waals surface area contributed by atoms with Crippen molar-refractivity contribution in [2.45, 2.75) is 13.3 Å². The lowest BCUT2D eigenvalue weighted by atomic mass is 10.1. The molecule has 0 aliphatic carbocycles. The van der Waals surface area contributed by atoms with E-state index in [0.29, 0.717) is 17.0 Å². The van der Waals surface area contributed by atoms with Crippen molar-refractivity contribution in [3.8, 4) is 11.6 Å². The SMILES string of the molecule is CC(=O)Oc1cccc2oc(C(=O)Nc3ccc(Cc4sc(=O)[nH]c4O)cc3)cc(=O)c12.